The van der Waals surface area contributed by atoms with Crippen molar-refractivity contribution in [3.63, 3.8) is 0 Å². The summed E-state index contributed by atoms with van der Waals surface area (Å²) in [6.45, 7) is 4.64. The molecule has 0 aromatic heterocycles. The van der Waals surface area contributed by atoms with Crippen LogP contribution < -0.4 is 34.9 Å². The van der Waals surface area contributed by atoms with E-state index in [-0.39, 0.29) is 25.1 Å². The summed E-state index contributed by atoms with van der Waals surface area (Å²) in [5, 5.41) is 33.6. The number of aliphatic carboxylic acids is 1. The Morgan fingerprint density at radius 1 is 1.06 bits per heavy atom. The minimum atomic E-state index is -1.63. The largest absolute Gasteiger partial charge is 0.492 e. The molecular weight excluding hydrogens is 648 g/mol. The molecule has 0 aliphatic carbocycles. The lowest BCUT2D eigenvalue weighted by Crippen LogP contribution is -2.61. The van der Waals surface area contributed by atoms with Gasteiger partial charge in [0.05, 0.1) is 19.1 Å². The first-order valence-electron chi connectivity index (χ1n) is 16.2. The van der Waals surface area contributed by atoms with Gasteiger partial charge in [0.1, 0.15) is 48.9 Å². The van der Waals surface area contributed by atoms with E-state index < -0.39 is 67.8 Å². The molecule has 0 bridgehead atoms. The molecule has 0 unspecified atom stereocenters. The molecular formula is C33H42N2O14. The van der Waals surface area contributed by atoms with E-state index in [1.807, 2.05) is 6.07 Å². The highest BCUT2D eigenvalue weighted by Crippen LogP contribution is 2.57. The molecule has 2 aromatic rings. The summed E-state index contributed by atoms with van der Waals surface area (Å²) in [6, 6.07) is 6.57. The zero-order chi connectivity index (χ0) is 34.8. The Labute approximate surface area is 282 Å². The van der Waals surface area contributed by atoms with Crippen LogP contribution in [-0.2, 0) is 35.1 Å². The Morgan fingerprint density at radius 3 is 2.63 bits per heavy atom. The monoisotopic (exact) mass is 690 g/mol. The molecule has 6 rings (SSSR count). The third-order valence-corrected chi connectivity index (χ3v) is 8.61. The molecule has 0 spiro atoms. The van der Waals surface area contributed by atoms with Crippen LogP contribution in [0.4, 0.5) is 0 Å². The second-order valence-electron chi connectivity index (χ2n) is 12.8. The maximum Gasteiger partial charge on any atom is 0.317 e. The molecule has 0 amide bonds. The maximum absolute atomic E-state index is 11.8. The van der Waals surface area contributed by atoms with Gasteiger partial charge >= 0.3 is 11.9 Å². The lowest BCUT2D eigenvalue weighted by atomic mass is 9.87. The number of fused-ring (bicyclic) bond motifs is 6. The summed E-state index contributed by atoms with van der Waals surface area (Å²) in [5.74, 6) is 0.831. The summed E-state index contributed by atoms with van der Waals surface area (Å²) < 4.78 is 40.9. The highest BCUT2D eigenvalue weighted by Gasteiger charge is 2.48. The van der Waals surface area contributed by atoms with Crippen LogP contribution >= 0.6 is 0 Å². The number of nitrogens with one attached hydrogen (secondary N) is 1. The predicted molar refractivity (Wildman–Crippen MR) is 166 cm³/mol. The van der Waals surface area contributed by atoms with E-state index in [0.29, 0.717) is 36.3 Å². The van der Waals surface area contributed by atoms with Crippen molar-refractivity contribution in [1.29, 1.82) is 0 Å². The number of hydrogen-bond acceptors (Lipinski definition) is 15. The minimum Gasteiger partial charge on any atom is -0.492 e. The lowest BCUT2D eigenvalue weighted by Gasteiger charge is -2.41. The molecule has 1 fully saturated rings. The topological polar surface area (TPSA) is 216 Å². The van der Waals surface area contributed by atoms with Gasteiger partial charge < -0.3 is 64.4 Å². The van der Waals surface area contributed by atoms with Gasteiger partial charge in [-0.15, -0.1) is 0 Å². The first-order chi connectivity index (χ1) is 23.5. The fraction of sp³-hybridized carbons (Fsp3) is 0.576. The average molecular weight is 691 g/mol. The van der Waals surface area contributed by atoms with Crippen molar-refractivity contribution < 1.29 is 67.8 Å². The van der Waals surface area contributed by atoms with E-state index >= 15 is 0 Å². The zero-order valence-electron chi connectivity index (χ0n) is 27.4. The highest BCUT2D eigenvalue weighted by molar-refractivity contribution is 5.90. The first-order valence-corrected chi connectivity index (χ1v) is 16.2. The van der Waals surface area contributed by atoms with Crippen LogP contribution in [-0.4, -0.2) is 104 Å². The van der Waals surface area contributed by atoms with Gasteiger partial charge in [0.25, 0.3) is 0 Å². The summed E-state index contributed by atoms with van der Waals surface area (Å²) in [7, 11) is 1.72. The van der Waals surface area contributed by atoms with Crippen LogP contribution in [0.5, 0.6) is 28.7 Å². The van der Waals surface area contributed by atoms with Crippen LogP contribution in [0.15, 0.2) is 24.3 Å². The maximum atomic E-state index is 11.8. The van der Waals surface area contributed by atoms with Crippen LogP contribution in [0, 0.1) is 5.92 Å². The molecule has 4 heterocycles. The number of nitrogens with two attached hydrogens (primary N) is 1. The van der Waals surface area contributed by atoms with Gasteiger partial charge in [0.15, 0.2) is 29.6 Å². The minimum absolute atomic E-state index is 0.0326. The van der Waals surface area contributed by atoms with E-state index in [1.54, 1.807) is 25.2 Å². The third-order valence-electron chi connectivity index (χ3n) is 8.61. The second kappa shape index (κ2) is 14.9. The molecule has 268 valence electrons. The Kier molecular flexibility index (Phi) is 10.6. The van der Waals surface area contributed by atoms with Crippen molar-refractivity contribution in [3.8, 4) is 28.7 Å². The molecule has 0 radical (unpaired) electrons. The second-order valence-corrected chi connectivity index (χ2v) is 12.8. The highest BCUT2D eigenvalue weighted by atomic mass is 17.2. The van der Waals surface area contributed by atoms with Crippen LogP contribution in [0.3, 0.4) is 0 Å². The SMILES string of the molecule is CNC[C@H](N)CO[C@@H]1O[C@H](COC(=O)CC(=O)O)[C@@H](O)[C@H](O)[C@H]1OOc1ccc2c(c1)[C@H]1Oc3c(cc4c(c3CC(C)C)OCO4)[C@H]1CO2. The van der Waals surface area contributed by atoms with Crippen molar-refractivity contribution in [3.05, 3.63) is 41.0 Å². The number of ether oxygens (including phenoxy) is 7. The van der Waals surface area contributed by atoms with Crippen molar-refractivity contribution in [2.75, 3.05) is 40.2 Å². The van der Waals surface area contributed by atoms with Crippen LogP contribution in [0.1, 0.15) is 49.0 Å². The van der Waals surface area contributed by atoms with Gasteiger partial charge in [0.2, 0.25) is 6.79 Å². The molecule has 2 aromatic carbocycles. The summed E-state index contributed by atoms with van der Waals surface area (Å²) >= 11 is 0. The predicted octanol–water partition coefficient (Wildman–Crippen LogP) is 0.930. The Bertz CT molecular complexity index is 1520. The molecule has 1 saturated heterocycles. The smallest absolute Gasteiger partial charge is 0.317 e. The standard InChI is InChI=1S/C33H42N2O14/c1-15(2)6-20-29-18(8-23-31(20)45-14-44-23)21-12-41-22-5-4-17(7-19(22)30(21)47-29)48-49-32-28(40)27(39)24(13-42-26(38)9-25(36)37)46-33(32)43-11-16(34)10-35-3/h4-5,7-8,15-16,21,24,27-28,30,32-33,35,39-40H,6,9-14,34H2,1-3H3,(H,36,37)/t16-,21+,24+,27+,28-,30+,32+,33+/m0/s1. The summed E-state index contributed by atoms with van der Waals surface area (Å²) in [4.78, 5) is 33.9. The Balaban J connectivity index is 1.18. The number of aliphatic hydroxyl groups is 2. The number of benzene rings is 2. The molecule has 8 atom stereocenters. The molecule has 16 heteroatoms. The van der Waals surface area contributed by atoms with Gasteiger partial charge in [-0.25, -0.2) is 0 Å². The fourth-order valence-electron chi connectivity index (χ4n) is 6.35. The number of rotatable bonds is 14. The number of carbonyl (C=O) groups excluding carboxylic acids is 1. The third kappa shape index (κ3) is 7.50. The van der Waals surface area contributed by atoms with E-state index in [1.165, 1.54) is 0 Å². The van der Waals surface area contributed by atoms with E-state index in [4.69, 9.17) is 53.8 Å². The lowest BCUT2D eigenvalue weighted by molar-refractivity contribution is -0.372. The van der Waals surface area contributed by atoms with Crippen LogP contribution in [0.25, 0.3) is 0 Å². The first kappa shape index (κ1) is 34.9. The van der Waals surface area contributed by atoms with Gasteiger partial charge in [-0.1, -0.05) is 13.8 Å². The number of hydrogen-bond donors (Lipinski definition) is 5. The molecule has 4 aliphatic rings. The summed E-state index contributed by atoms with van der Waals surface area (Å²) in [5.41, 5.74) is 8.73. The number of likely N-dealkylation sites (N-methyl/N-ethyl adjacent to an activating group) is 1. The van der Waals surface area contributed by atoms with Crippen molar-refractivity contribution in [2.45, 2.75) is 75.5 Å². The Morgan fingerprint density at radius 2 is 1.88 bits per heavy atom. The van der Waals surface area contributed by atoms with E-state index in [0.717, 1.165) is 28.9 Å². The fourth-order valence-corrected chi connectivity index (χ4v) is 6.35. The quantitative estimate of drug-likeness (QED) is 0.0806. The molecule has 0 saturated carbocycles. The van der Waals surface area contributed by atoms with Gasteiger partial charge in [-0.3, -0.25) is 9.59 Å². The zero-order valence-corrected chi connectivity index (χ0v) is 27.4. The van der Waals surface area contributed by atoms with Crippen molar-refractivity contribution in [2.24, 2.45) is 11.7 Å². The molecule has 16 nitrogen and oxygen atoms in total. The Hall–Kier alpha value is -3.90. The number of aliphatic hydroxyl groups excluding tert-OH is 2. The van der Waals surface area contributed by atoms with Crippen molar-refractivity contribution in [1.82, 2.24) is 5.32 Å². The number of carboxylic acids is 1. The number of carboxylic acid groups (broad SMARTS) is 1. The van der Waals surface area contributed by atoms with Gasteiger partial charge in [-0.05, 0) is 43.7 Å². The van der Waals surface area contributed by atoms with Crippen LogP contribution in [0.2, 0.25) is 0 Å². The number of esters is 1. The normalized spacial score (nSPS) is 27.0. The van der Waals surface area contributed by atoms with E-state index in [2.05, 4.69) is 19.2 Å². The van der Waals surface area contributed by atoms with Gasteiger partial charge in [0, 0.05) is 29.3 Å². The van der Waals surface area contributed by atoms with Crippen molar-refractivity contribution >= 4 is 11.9 Å². The average Bonchev–Trinajstić information content (AvgIpc) is 3.69. The number of carbonyl (C=O) groups is 2. The summed E-state index contributed by atoms with van der Waals surface area (Å²) in [6.07, 6.45) is -7.75. The molecule has 49 heavy (non-hydrogen) atoms. The molecule has 6 N–H and O–H groups in total. The molecule has 4 aliphatic heterocycles. The van der Waals surface area contributed by atoms with Gasteiger partial charge in [-0.2, -0.15) is 4.89 Å². The van der Waals surface area contributed by atoms with E-state index in [9.17, 15) is 19.8 Å².